The lowest BCUT2D eigenvalue weighted by atomic mass is 9.77. The first-order valence-corrected chi connectivity index (χ1v) is 6.72. The zero-order valence-corrected chi connectivity index (χ0v) is 11.3. The average Bonchev–Trinajstić information content (AvgIpc) is 2.41. The Morgan fingerprint density at radius 3 is 2.61 bits per heavy atom. The minimum atomic E-state index is -0.407. The van der Waals surface area contributed by atoms with Crippen LogP contribution in [0.1, 0.15) is 43.7 Å². The summed E-state index contributed by atoms with van der Waals surface area (Å²) in [4.78, 5) is 0. The molecular weight excluding hydrogens is 253 g/mol. The van der Waals surface area contributed by atoms with Crippen molar-refractivity contribution in [2.24, 2.45) is 5.73 Å². The largest absolute Gasteiger partial charge is 0.376 e. The van der Waals surface area contributed by atoms with E-state index in [-0.39, 0.29) is 11.9 Å². The molecule has 1 atom stereocenters. The van der Waals surface area contributed by atoms with Gasteiger partial charge in [0.05, 0.1) is 11.6 Å². The maximum absolute atomic E-state index is 13.3. The molecule has 1 aliphatic carbocycles. The molecule has 2 N–H and O–H groups in total. The van der Waals surface area contributed by atoms with E-state index in [9.17, 15) is 4.39 Å². The van der Waals surface area contributed by atoms with E-state index in [4.69, 9.17) is 22.1 Å². The lowest BCUT2D eigenvalue weighted by Gasteiger charge is -2.41. The molecule has 0 spiro atoms. The van der Waals surface area contributed by atoms with Crippen molar-refractivity contribution < 1.29 is 9.13 Å². The van der Waals surface area contributed by atoms with Crippen LogP contribution in [0, 0.1) is 5.82 Å². The van der Waals surface area contributed by atoms with Gasteiger partial charge >= 0.3 is 0 Å². The molecule has 1 fully saturated rings. The van der Waals surface area contributed by atoms with E-state index >= 15 is 0 Å². The van der Waals surface area contributed by atoms with Crippen LogP contribution in [0.15, 0.2) is 18.2 Å². The standard InChI is InChI=1S/C14H19ClFNO/c1-18-14(7-3-2-4-8-14)13(17)11-9-10(16)5-6-12(11)15/h5-6,9,13H,2-4,7-8,17H2,1H3. The monoisotopic (exact) mass is 271 g/mol. The number of hydrogen-bond acceptors (Lipinski definition) is 2. The summed E-state index contributed by atoms with van der Waals surface area (Å²) in [5.74, 6) is -0.313. The van der Waals surface area contributed by atoms with Crippen LogP contribution < -0.4 is 5.73 Å². The van der Waals surface area contributed by atoms with Gasteiger partial charge in [0.1, 0.15) is 5.82 Å². The third-order valence-corrected chi connectivity index (χ3v) is 4.31. The van der Waals surface area contributed by atoms with Gasteiger partial charge in [0.25, 0.3) is 0 Å². The van der Waals surface area contributed by atoms with E-state index in [1.165, 1.54) is 18.6 Å². The maximum Gasteiger partial charge on any atom is 0.123 e. The summed E-state index contributed by atoms with van der Waals surface area (Å²) in [6, 6.07) is 3.94. The van der Waals surface area contributed by atoms with Gasteiger partial charge in [-0.2, -0.15) is 0 Å². The van der Waals surface area contributed by atoms with Gasteiger partial charge in [0.2, 0.25) is 0 Å². The van der Waals surface area contributed by atoms with E-state index in [0.717, 1.165) is 25.7 Å². The van der Waals surface area contributed by atoms with Gasteiger partial charge in [-0.15, -0.1) is 0 Å². The molecule has 1 unspecified atom stereocenters. The average molecular weight is 272 g/mol. The molecule has 0 radical (unpaired) electrons. The van der Waals surface area contributed by atoms with E-state index in [1.54, 1.807) is 13.2 Å². The van der Waals surface area contributed by atoms with E-state index in [1.807, 2.05) is 0 Å². The molecule has 1 aromatic carbocycles. The number of rotatable bonds is 3. The van der Waals surface area contributed by atoms with Crippen molar-refractivity contribution in [3.63, 3.8) is 0 Å². The van der Waals surface area contributed by atoms with Gasteiger partial charge < -0.3 is 10.5 Å². The smallest absolute Gasteiger partial charge is 0.123 e. The molecule has 18 heavy (non-hydrogen) atoms. The fraction of sp³-hybridized carbons (Fsp3) is 0.571. The quantitative estimate of drug-likeness (QED) is 0.907. The second-order valence-electron chi connectivity index (χ2n) is 4.97. The van der Waals surface area contributed by atoms with Crippen LogP contribution in [0.25, 0.3) is 0 Å². The summed E-state index contributed by atoms with van der Waals surface area (Å²) >= 11 is 6.13. The second kappa shape index (κ2) is 5.55. The summed E-state index contributed by atoms with van der Waals surface area (Å²) in [5, 5.41) is 0.505. The van der Waals surface area contributed by atoms with Crippen molar-refractivity contribution in [1.82, 2.24) is 0 Å². The Labute approximate surface area is 112 Å². The topological polar surface area (TPSA) is 35.2 Å². The molecule has 0 aromatic heterocycles. The summed E-state index contributed by atoms with van der Waals surface area (Å²) in [6.07, 6.45) is 5.19. The summed E-state index contributed by atoms with van der Waals surface area (Å²) in [6.45, 7) is 0. The van der Waals surface area contributed by atoms with E-state index in [0.29, 0.717) is 10.6 Å². The highest BCUT2D eigenvalue weighted by atomic mass is 35.5. The minimum absolute atomic E-state index is 0.313. The molecule has 0 bridgehead atoms. The third kappa shape index (κ3) is 2.53. The number of hydrogen-bond donors (Lipinski definition) is 1. The molecule has 2 rings (SSSR count). The molecule has 2 nitrogen and oxygen atoms in total. The highest BCUT2D eigenvalue weighted by molar-refractivity contribution is 6.31. The van der Waals surface area contributed by atoms with Crippen LogP contribution in [-0.2, 0) is 4.74 Å². The van der Waals surface area contributed by atoms with Crippen molar-refractivity contribution in [1.29, 1.82) is 0 Å². The Morgan fingerprint density at radius 1 is 1.33 bits per heavy atom. The van der Waals surface area contributed by atoms with E-state index in [2.05, 4.69) is 0 Å². The molecular formula is C14H19ClFNO. The van der Waals surface area contributed by atoms with Gasteiger partial charge in [-0.3, -0.25) is 0 Å². The van der Waals surface area contributed by atoms with E-state index < -0.39 is 5.60 Å². The van der Waals surface area contributed by atoms with Crippen molar-refractivity contribution in [2.75, 3.05) is 7.11 Å². The number of benzene rings is 1. The second-order valence-corrected chi connectivity index (χ2v) is 5.38. The van der Waals surface area contributed by atoms with Crippen LogP contribution in [-0.4, -0.2) is 12.7 Å². The van der Waals surface area contributed by atoms with Crippen LogP contribution in [0.5, 0.6) is 0 Å². The molecule has 1 aromatic rings. The normalized spacial score (nSPS) is 20.7. The Balaban J connectivity index is 2.33. The fourth-order valence-electron chi connectivity index (χ4n) is 2.83. The van der Waals surface area contributed by atoms with Crippen LogP contribution in [0.2, 0.25) is 5.02 Å². The predicted octanol–water partition coefficient (Wildman–Crippen LogP) is 3.83. The number of halogens is 2. The molecule has 0 saturated heterocycles. The minimum Gasteiger partial charge on any atom is -0.376 e. The third-order valence-electron chi connectivity index (χ3n) is 3.97. The first-order chi connectivity index (χ1) is 8.59. The van der Waals surface area contributed by atoms with Gasteiger partial charge in [0, 0.05) is 12.1 Å². The zero-order chi connectivity index (χ0) is 13.2. The molecule has 0 amide bonds. The molecule has 0 aliphatic heterocycles. The van der Waals surface area contributed by atoms with Crippen LogP contribution in [0.4, 0.5) is 4.39 Å². The predicted molar refractivity (Wildman–Crippen MR) is 71.2 cm³/mol. The molecule has 4 heteroatoms. The highest BCUT2D eigenvalue weighted by Crippen LogP contribution is 2.41. The van der Waals surface area contributed by atoms with Crippen LogP contribution >= 0.6 is 11.6 Å². The zero-order valence-electron chi connectivity index (χ0n) is 10.6. The summed E-state index contributed by atoms with van der Waals surface area (Å²) in [7, 11) is 1.68. The summed E-state index contributed by atoms with van der Waals surface area (Å²) in [5.41, 5.74) is 6.54. The van der Waals surface area contributed by atoms with Crippen molar-refractivity contribution >= 4 is 11.6 Å². The Hall–Kier alpha value is -0.640. The number of methoxy groups -OCH3 is 1. The van der Waals surface area contributed by atoms with Crippen LogP contribution in [0.3, 0.4) is 0 Å². The van der Waals surface area contributed by atoms with Crippen molar-refractivity contribution in [3.05, 3.63) is 34.6 Å². The SMILES string of the molecule is COC1(C(N)c2cc(F)ccc2Cl)CCCCC1. The maximum atomic E-state index is 13.3. The Bertz CT molecular complexity index is 418. The lowest BCUT2D eigenvalue weighted by Crippen LogP contribution is -2.44. The molecule has 0 heterocycles. The lowest BCUT2D eigenvalue weighted by molar-refractivity contribution is -0.0595. The highest BCUT2D eigenvalue weighted by Gasteiger charge is 2.39. The van der Waals surface area contributed by atoms with Crippen molar-refractivity contribution in [3.8, 4) is 0 Å². The van der Waals surface area contributed by atoms with Gasteiger partial charge in [0.15, 0.2) is 0 Å². The van der Waals surface area contributed by atoms with Gasteiger partial charge in [-0.1, -0.05) is 30.9 Å². The first kappa shape index (κ1) is 13.8. The fourth-order valence-corrected chi connectivity index (χ4v) is 3.06. The molecule has 1 aliphatic rings. The molecule has 100 valence electrons. The number of ether oxygens (including phenoxy) is 1. The summed E-state index contributed by atoms with van der Waals surface area (Å²) < 4.78 is 19.0. The Kier molecular flexibility index (Phi) is 4.25. The van der Waals surface area contributed by atoms with Gasteiger partial charge in [-0.25, -0.2) is 4.39 Å². The number of nitrogens with two attached hydrogens (primary N) is 1. The first-order valence-electron chi connectivity index (χ1n) is 6.35. The van der Waals surface area contributed by atoms with Crippen molar-refractivity contribution in [2.45, 2.75) is 43.7 Å². The Morgan fingerprint density at radius 2 is 2.00 bits per heavy atom. The molecule has 1 saturated carbocycles. The van der Waals surface area contributed by atoms with Gasteiger partial charge in [-0.05, 0) is 36.6 Å².